The zero-order valence-electron chi connectivity index (χ0n) is 42.3. The van der Waals surface area contributed by atoms with Gasteiger partial charge in [-0.25, -0.2) is 4.79 Å². The fourth-order valence-electron chi connectivity index (χ4n) is 8.80. The molecular weight excluding hydrogens is 999 g/mol. The van der Waals surface area contributed by atoms with Crippen molar-refractivity contribution in [2.75, 3.05) is 46.6 Å². The third kappa shape index (κ3) is 11.1. The number of aromatic amines is 1. The fraction of sp³-hybridized carbons (Fsp3) is 0.377. The summed E-state index contributed by atoms with van der Waals surface area (Å²) in [6, 6.07) is 22.4. The maximum absolute atomic E-state index is 12.9. The third-order valence-electron chi connectivity index (χ3n) is 13.3. The number of hydrogen-bond acceptors (Lipinski definition) is 14. The number of aromatic nitrogens is 4. The standard InChI is InChI=1S/C21H20N4O3.C18H17BrN2O3.C14H23BN2O4/c1-12-2-3-19-17(8-12)23-21(27)15-9-14(16-4-6-22-24-16)18(10-20(15)28-19)25-7-5-13(26)11-25;1-10-2-3-16-14(6-10)20-18(23)12-7-13(19)15(8-17(12)24-16)21-5-4-11(22)9-21;1-12(2,3)19-11(18)17-9-8-10(16-17)15-20-13(4,5)14(6,7)21-15/h2-4,6,8-10,13,26H,5,7,11H2,1H3,(H,22,24)(H,23,27);2-3,6-8,11,22H,4-5,9H2,1H3,(H,20,23);8-9H,1-7H3/t13-;11-;/m11./s1. The zero-order chi connectivity index (χ0) is 52.1. The van der Waals surface area contributed by atoms with E-state index in [2.05, 4.69) is 51.7 Å². The molecule has 73 heavy (non-hydrogen) atoms. The van der Waals surface area contributed by atoms with Crippen molar-refractivity contribution in [2.24, 2.45) is 0 Å². The summed E-state index contributed by atoms with van der Waals surface area (Å²) in [7, 11) is -0.585. The number of amides is 2. The van der Waals surface area contributed by atoms with E-state index >= 15 is 0 Å². The van der Waals surface area contributed by atoms with Gasteiger partial charge in [0.25, 0.3) is 11.8 Å². The number of aliphatic hydroxyl groups excluding tert-OH is 2. The van der Waals surface area contributed by atoms with Crippen LogP contribution in [0.1, 0.15) is 93.2 Å². The molecule has 4 aromatic carbocycles. The van der Waals surface area contributed by atoms with Gasteiger partial charge in [0.15, 0.2) is 11.5 Å². The number of aryl methyl sites for hydroxylation is 2. The number of carbonyl (C=O) groups is 3. The largest absolute Gasteiger partial charge is 0.516 e. The summed E-state index contributed by atoms with van der Waals surface area (Å²) < 4.78 is 31.2. The number of nitrogens with one attached hydrogen (secondary N) is 3. The van der Waals surface area contributed by atoms with Crippen molar-refractivity contribution < 1.29 is 48.1 Å². The maximum atomic E-state index is 12.9. The molecule has 0 unspecified atom stereocenters. The van der Waals surface area contributed by atoms with Gasteiger partial charge in [0.1, 0.15) is 17.1 Å². The number of fused-ring (bicyclic) bond motifs is 4. The Morgan fingerprint density at radius 2 is 1.27 bits per heavy atom. The minimum Gasteiger partial charge on any atom is -0.454 e. The van der Waals surface area contributed by atoms with Gasteiger partial charge in [0.2, 0.25) is 0 Å². The van der Waals surface area contributed by atoms with Gasteiger partial charge in [-0.15, -0.1) is 0 Å². The molecule has 2 amide bonds. The lowest BCUT2D eigenvalue weighted by atomic mass is 9.85. The second kappa shape index (κ2) is 20.0. The van der Waals surface area contributed by atoms with E-state index in [0.29, 0.717) is 70.6 Å². The Hall–Kier alpha value is -6.71. The molecule has 0 radical (unpaired) electrons. The van der Waals surface area contributed by atoms with Gasteiger partial charge in [-0.2, -0.15) is 14.9 Å². The molecule has 0 saturated carbocycles. The van der Waals surface area contributed by atoms with Crippen LogP contribution in [0.5, 0.6) is 23.0 Å². The number of carbonyl (C=O) groups excluding carboxylic acids is 3. The molecule has 20 heteroatoms. The van der Waals surface area contributed by atoms with Gasteiger partial charge in [0, 0.05) is 66.4 Å². The monoisotopic (exact) mass is 1060 g/mol. The smallest absolute Gasteiger partial charge is 0.454 e. The second-order valence-corrected chi connectivity index (χ2v) is 21.6. The predicted octanol–water partition coefficient (Wildman–Crippen LogP) is 8.97. The summed E-state index contributed by atoms with van der Waals surface area (Å²) >= 11 is 3.55. The molecule has 2 aromatic heterocycles. The number of benzene rings is 4. The van der Waals surface area contributed by atoms with Crippen molar-refractivity contribution in [1.29, 1.82) is 0 Å². The van der Waals surface area contributed by atoms with Crippen LogP contribution in [0.3, 0.4) is 0 Å². The first kappa shape index (κ1) is 51.2. The van der Waals surface area contributed by atoms with Gasteiger partial charge in [-0.05, 0) is 151 Å². The normalized spacial score (nSPS) is 19.2. The van der Waals surface area contributed by atoms with E-state index in [0.717, 1.165) is 62.4 Å². The minimum atomic E-state index is -0.585. The summed E-state index contributed by atoms with van der Waals surface area (Å²) in [5.41, 5.74) is 6.98. The van der Waals surface area contributed by atoms with Crippen molar-refractivity contribution in [3.8, 4) is 34.3 Å². The van der Waals surface area contributed by atoms with E-state index in [9.17, 15) is 24.6 Å². The Bertz CT molecular complexity index is 3070. The summed E-state index contributed by atoms with van der Waals surface area (Å²) in [6.45, 7) is 19.9. The van der Waals surface area contributed by atoms with Crippen LogP contribution in [-0.4, -0.2) is 110 Å². The van der Waals surface area contributed by atoms with E-state index in [4.69, 9.17) is 23.5 Å². The van der Waals surface area contributed by atoms with E-state index < -0.39 is 30.0 Å². The van der Waals surface area contributed by atoms with Crippen LogP contribution in [0.4, 0.5) is 27.5 Å². The molecule has 0 bridgehead atoms. The van der Waals surface area contributed by atoms with Crippen LogP contribution in [-0.2, 0) is 14.0 Å². The van der Waals surface area contributed by atoms with Crippen LogP contribution in [0, 0.1) is 13.8 Å². The molecule has 382 valence electrons. The maximum Gasteiger partial charge on any atom is 0.516 e. The minimum absolute atomic E-state index is 0.192. The van der Waals surface area contributed by atoms with Crippen molar-refractivity contribution >= 4 is 69.3 Å². The number of halogens is 1. The van der Waals surface area contributed by atoms with E-state index in [1.165, 1.54) is 0 Å². The van der Waals surface area contributed by atoms with Crippen LogP contribution in [0.25, 0.3) is 11.3 Å². The molecule has 11 rings (SSSR count). The van der Waals surface area contributed by atoms with Crippen molar-refractivity contribution in [1.82, 2.24) is 20.0 Å². The van der Waals surface area contributed by atoms with Crippen LogP contribution < -0.4 is 35.5 Å². The molecule has 5 aliphatic rings. The topological polar surface area (TPSA) is 215 Å². The highest BCUT2D eigenvalue weighted by molar-refractivity contribution is 9.10. The predicted molar refractivity (Wildman–Crippen MR) is 282 cm³/mol. The third-order valence-corrected chi connectivity index (χ3v) is 14.0. The summed E-state index contributed by atoms with van der Waals surface area (Å²) in [5, 5.41) is 36.9. The van der Waals surface area contributed by atoms with E-state index in [-0.39, 0.29) is 24.0 Å². The Morgan fingerprint density at radius 1 is 0.740 bits per heavy atom. The number of aliphatic hydroxyl groups is 2. The van der Waals surface area contributed by atoms with Crippen molar-refractivity contribution in [2.45, 2.75) is 104 Å². The Morgan fingerprint density at radius 3 is 1.78 bits per heavy atom. The number of ether oxygens (including phenoxy) is 3. The molecule has 5 aliphatic heterocycles. The SMILES string of the molecule is CC(C)(C)OC(=O)n1ccc(B2OC(C)(C)C(C)(C)O2)n1.Cc1ccc2c(c1)NC(=O)c1cc(-c3ccn[nH]3)c(N3CC[C@@H](O)C3)cc1O2.Cc1ccc2c(c1)NC(=O)c1cc(Br)c(N3CC[C@@H](O)C3)cc1O2. The summed E-state index contributed by atoms with van der Waals surface area (Å²) in [6.07, 6.45) is 3.48. The second-order valence-electron chi connectivity index (χ2n) is 20.8. The highest BCUT2D eigenvalue weighted by atomic mass is 79.9. The highest BCUT2D eigenvalue weighted by Gasteiger charge is 2.52. The number of β-amino-alcohol motifs (C(OH)–C–C–N with tert-alkyl or cyclic N) is 2. The van der Waals surface area contributed by atoms with Gasteiger partial charge < -0.3 is 54.2 Å². The first-order valence-electron chi connectivity index (χ1n) is 24.2. The fourth-order valence-corrected chi connectivity index (χ4v) is 9.39. The molecular formula is C53H60BBrN8O10. The lowest BCUT2D eigenvalue weighted by Gasteiger charge is -2.32. The Balaban J connectivity index is 0.000000137. The number of nitrogens with zero attached hydrogens (tertiary/aromatic N) is 5. The van der Waals surface area contributed by atoms with Crippen LogP contribution in [0.15, 0.2) is 89.7 Å². The number of rotatable bonds is 4. The van der Waals surface area contributed by atoms with E-state index in [1.54, 1.807) is 24.5 Å². The van der Waals surface area contributed by atoms with Crippen molar-refractivity contribution in [3.05, 3.63) is 112 Å². The van der Waals surface area contributed by atoms with Crippen LogP contribution >= 0.6 is 15.9 Å². The average Bonchev–Trinajstić information content (AvgIpc) is 4.17. The van der Waals surface area contributed by atoms with Gasteiger partial charge >= 0.3 is 13.2 Å². The van der Waals surface area contributed by atoms with Crippen LogP contribution in [0.2, 0.25) is 0 Å². The molecule has 3 fully saturated rings. The lowest BCUT2D eigenvalue weighted by molar-refractivity contribution is 0.00578. The molecule has 6 aromatic rings. The average molecular weight is 1060 g/mol. The molecule has 3 saturated heterocycles. The van der Waals surface area contributed by atoms with E-state index in [1.807, 2.05) is 123 Å². The number of anilines is 4. The number of hydrogen-bond donors (Lipinski definition) is 5. The molecule has 7 heterocycles. The van der Waals surface area contributed by atoms with Gasteiger partial charge in [-0.1, -0.05) is 12.1 Å². The molecule has 2 atom stereocenters. The zero-order valence-corrected chi connectivity index (χ0v) is 43.9. The Labute approximate surface area is 432 Å². The van der Waals surface area contributed by atoms with Gasteiger partial charge in [-0.3, -0.25) is 14.7 Å². The molecule has 0 spiro atoms. The molecule has 18 nitrogen and oxygen atoms in total. The first-order valence-corrected chi connectivity index (χ1v) is 25.0. The number of H-pyrrole nitrogens is 1. The summed E-state index contributed by atoms with van der Waals surface area (Å²) in [4.78, 5) is 41.6. The quantitative estimate of drug-likeness (QED) is 0.104. The molecule has 5 N–H and O–H groups in total. The summed E-state index contributed by atoms with van der Waals surface area (Å²) in [5.74, 6) is 1.85. The Kier molecular flexibility index (Phi) is 14.0. The van der Waals surface area contributed by atoms with Gasteiger partial charge in [0.05, 0.1) is 62.9 Å². The highest BCUT2D eigenvalue weighted by Crippen LogP contribution is 2.44. The molecule has 0 aliphatic carbocycles. The lowest BCUT2D eigenvalue weighted by Crippen LogP contribution is -2.41. The van der Waals surface area contributed by atoms with Crippen molar-refractivity contribution in [3.63, 3.8) is 0 Å². The first-order chi connectivity index (χ1) is 34.5.